The quantitative estimate of drug-likeness (QED) is 0.165. The number of para-hydroxylation sites is 1. The molecule has 3 heterocycles. The summed E-state index contributed by atoms with van der Waals surface area (Å²) >= 11 is 8.27. The average molecular weight is 718 g/mol. The van der Waals surface area contributed by atoms with Crippen molar-refractivity contribution in [1.29, 1.82) is 0 Å². The topological polar surface area (TPSA) is 135 Å². The van der Waals surface area contributed by atoms with Crippen molar-refractivity contribution in [2.24, 2.45) is 5.92 Å². The third kappa shape index (κ3) is 6.32. The van der Waals surface area contributed by atoms with Gasteiger partial charge in [0.2, 0.25) is 11.8 Å². The standard InChI is InChI=1S/C32H23ClF3N3O7S2/c1-2-45-30(43)15-7-10-17(11-8-15)39-28(41)24-23(25-27(38-31(44)48-25)47-26(24)29(39)42)18-13-16(33)9-12-21(18)46-14-22(40)37-20-6-4-3-5-19(20)32(34,35)36/h3-13,23-24,26H,2,14H2,1H3,(H,37,40)(H,38,44)/t23-,24?,26?/m1/s1. The SMILES string of the molecule is CCOC(=O)c1ccc(N2C(=O)C3Sc4[nH]c(=O)sc4[C@H](c4cc(Cl)ccc4OCC(=O)Nc4ccccc4C(F)(F)F)C3C2=O)cc1. The number of fused-ring (bicyclic) bond motifs is 2. The molecule has 2 unspecified atom stereocenters. The number of amides is 3. The molecule has 3 amide bonds. The summed E-state index contributed by atoms with van der Waals surface area (Å²) in [5.41, 5.74) is -0.735. The van der Waals surface area contributed by atoms with Crippen LogP contribution in [0.2, 0.25) is 5.02 Å². The molecule has 0 spiro atoms. The molecular formula is C32H23ClF3N3O7S2. The van der Waals surface area contributed by atoms with Crippen molar-refractivity contribution in [2.75, 3.05) is 23.4 Å². The van der Waals surface area contributed by atoms with E-state index in [9.17, 15) is 37.1 Å². The first-order valence-electron chi connectivity index (χ1n) is 14.3. The van der Waals surface area contributed by atoms with Gasteiger partial charge in [0, 0.05) is 21.4 Å². The maximum absolute atomic E-state index is 14.1. The number of nitrogens with one attached hydrogen (secondary N) is 2. The first kappa shape index (κ1) is 33.3. The number of ether oxygens (including phenoxy) is 2. The number of aromatic amines is 1. The molecule has 0 saturated carbocycles. The third-order valence-electron chi connectivity index (χ3n) is 7.63. The number of hydrogen-bond acceptors (Lipinski definition) is 9. The van der Waals surface area contributed by atoms with E-state index in [1.54, 1.807) is 6.92 Å². The van der Waals surface area contributed by atoms with Gasteiger partial charge in [-0.25, -0.2) is 9.69 Å². The van der Waals surface area contributed by atoms with Crippen molar-refractivity contribution in [3.63, 3.8) is 0 Å². The van der Waals surface area contributed by atoms with E-state index in [0.29, 0.717) is 15.5 Å². The van der Waals surface area contributed by atoms with Gasteiger partial charge in [-0.3, -0.25) is 19.2 Å². The van der Waals surface area contributed by atoms with Gasteiger partial charge in [-0.2, -0.15) is 13.2 Å². The number of rotatable bonds is 8. The number of carbonyl (C=O) groups is 4. The molecule has 2 aliphatic heterocycles. The third-order valence-corrected chi connectivity index (χ3v) is 10.3. The lowest BCUT2D eigenvalue weighted by molar-refractivity contribution is -0.137. The number of carbonyl (C=O) groups excluding carboxylic acids is 4. The summed E-state index contributed by atoms with van der Waals surface area (Å²) in [4.78, 5) is 69.2. The Balaban J connectivity index is 1.32. The highest BCUT2D eigenvalue weighted by molar-refractivity contribution is 8.00. The minimum Gasteiger partial charge on any atom is -0.483 e. The van der Waals surface area contributed by atoms with Crippen LogP contribution in [0.5, 0.6) is 5.75 Å². The van der Waals surface area contributed by atoms with E-state index in [0.717, 1.165) is 40.1 Å². The molecule has 48 heavy (non-hydrogen) atoms. The van der Waals surface area contributed by atoms with Gasteiger partial charge >= 0.3 is 17.0 Å². The predicted octanol–water partition coefficient (Wildman–Crippen LogP) is 6.10. The molecule has 3 atom stereocenters. The van der Waals surface area contributed by atoms with Crippen molar-refractivity contribution in [3.8, 4) is 5.75 Å². The van der Waals surface area contributed by atoms with Crippen molar-refractivity contribution in [3.05, 3.63) is 103 Å². The number of anilines is 2. The van der Waals surface area contributed by atoms with Crippen LogP contribution < -0.4 is 19.8 Å². The van der Waals surface area contributed by atoms with Gasteiger partial charge in [0.15, 0.2) is 6.61 Å². The Hall–Kier alpha value is -4.60. The van der Waals surface area contributed by atoms with Crippen LogP contribution in [0, 0.1) is 5.92 Å². The minimum atomic E-state index is -4.71. The molecule has 2 N–H and O–H groups in total. The van der Waals surface area contributed by atoms with Gasteiger partial charge < -0.3 is 19.8 Å². The number of thioether (sulfide) groups is 1. The molecule has 2 aliphatic rings. The zero-order valence-electron chi connectivity index (χ0n) is 24.6. The maximum Gasteiger partial charge on any atom is 0.418 e. The summed E-state index contributed by atoms with van der Waals surface area (Å²) in [6, 6.07) is 14.7. The summed E-state index contributed by atoms with van der Waals surface area (Å²) < 4.78 is 51.2. The molecule has 0 aliphatic carbocycles. The lowest BCUT2D eigenvalue weighted by Gasteiger charge is -2.31. The van der Waals surface area contributed by atoms with Gasteiger partial charge in [-0.05, 0) is 61.5 Å². The van der Waals surface area contributed by atoms with Crippen LogP contribution in [0.4, 0.5) is 24.5 Å². The summed E-state index contributed by atoms with van der Waals surface area (Å²) in [5, 5.41) is 1.85. The summed E-state index contributed by atoms with van der Waals surface area (Å²) in [7, 11) is 0. The molecule has 0 bridgehead atoms. The number of nitrogens with zero attached hydrogens (tertiary/aromatic N) is 1. The molecule has 248 valence electrons. The van der Waals surface area contributed by atoms with E-state index in [1.807, 2.05) is 0 Å². The second kappa shape index (κ2) is 13.1. The first-order valence-corrected chi connectivity index (χ1v) is 16.4. The highest BCUT2D eigenvalue weighted by Crippen LogP contribution is 2.54. The number of alkyl halides is 3. The Labute approximate surface area is 283 Å². The fraction of sp³-hybridized carbons (Fsp3) is 0.219. The lowest BCUT2D eigenvalue weighted by atomic mass is 9.82. The van der Waals surface area contributed by atoms with Gasteiger partial charge in [-0.15, -0.1) is 0 Å². The number of aromatic nitrogens is 1. The zero-order chi connectivity index (χ0) is 34.3. The van der Waals surface area contributed by atoms with Crippen LogP contribution >= 0.6 is 34.7 Å². The molecule has 1 fully saturated rings. The van der Waals surface area contributed by atoms with Crippen molar-refractivity contribution >= 4 is 69.8 Å². The highest BCUT2D eigenvalue weighted by atomic mass is 35.5. The van der Waals surface area contributed by atoms with E-state index in [-0.39, 0.29) is 28.6 Å². The number of imide groups is 1. The molecule has 0 radical (unpaired) electrons. The normalized spacial score (nSPS) is 18.7. The fourth-order valence-electron chi connectivity index (χ4n) is 5.63. The first-order chi connectivity index (χ1) is 22.9. The number of H-pyrrole nitrogens is 1. The molecule has 4 aromatic rings. The summed E-state index contributed by atoms with van der Waals surface area (Å²) in [6.07, 6.45) is -4.71. The van der Waals surface area contributed by atoms with E-state index in [4.69, 9.17) is 21.1 Å². The molecule has 6 rings (SSSR count). The van der Waals surface area contributed by atoms with Gasteiger partial charge in [0.25, 0.3) is 5.91 Å². The van der Waals surface area contributed by atoms with Crippen LogP contribution in [-0.2, 0) is 25.3 Å². The van der Waals surface area contributed by atoms with Gasteiger partial charge in [0.05, 0.1) is 40.1 Å². The molecule has 3 aromatic carbocycles. The predicted molar refractivity (Wildman–Crippen MR) is 172 cm³/mol. The van der Waals surface area contributed by atoms with E-state index < -0.39 is 69.7 Å². The highest BCUT2D eigenvalue weighted by Gasteiger charge is 2.57. The second-order valence-corrected chi connectivity index (χ2v) is 13.2. The Morgan fingerprint density at radius 2 is 1.75 bits per heavy atom. The van der Waals surface area contributed by atoms with Crippen molar-refractivity contribution < 1.29 is 41.8 Å². The van der Waals surface area contributed by atoms with Crippen LogP contribution in [-0.4, -0.2) is 47.1 Å². The van der Waals surface area contributed by atoms with Crippen LogP contribution in [0.15, 0.2) is 76.6 Å². The Bertz CT molecular complexity index is 2000. The van der Waals surface area contributed by atoms with E-state index in [2.05, 4.69) is 10.3 Å². The van der Waals surface area contributed by atoms with Crippen LogP contribution in [0.1, 0.15) is 39.2 Å². The Morgan fingerprint density at radius 3 is 2.46 bits per heavy atom. The summed E-state index contributed by atoms with van der Waals surface area (Å²) in [6.45, 7) is 1.13. The zero-order valence-corrected chi connectivity index (χ0v) is 27.0. The maximum atomic E-state index is 14.1. The van der Waals surface area contributed by atoms with E-state index >= 15 is 0 Å². The number of halogens is 4. The lowest BCUT2D eigenvalue weighted by Crippen LogP contribution is -2.32. The molecule has 10 nitrogen and oxygen atoms in total. The fourth-order valence-corrected chi connectivity index (χ4v) is 8.32. The molecular weight excluding hydrogens is 695 g/mol. The smallest absolute Gasteiger partial charge is 0.418 e. The Morgan fingerprint density at radius 1 is 1.02 bits per heavy atom. The molecule has 16 heteroatoms. The van der Waals surface area contributed by atoms with Crippen LogP contribution in [0.25, 0.3) is 0 Å². The number of esters is 1. The number of hydrogen-bond donors (Lipinski definition) is 2. The number of thiazole rings is 1. The van der Waals surface area contributed by atoms with Crippen molar-refractivity contribution in [2.45, 2.75) is 29.3 Å². The Kier molecular flexibility index (Phi) is 9.11. The molecule has 1 aromatic heterocycles. The average Bonchev–Trinajstić information content (AvgIpc) is 3.54. The van der Waals surface area contributed by atoms with E-state index in [1.165, 1.54) is 54.6 Å². The molecule has 1 saturated heterocycles. The van der Waals surface area contributed by atoms with Crippen molar-refractivity contribution in [1.82, 2.24) is 4.98 Å². The van der Waals surface area contributed by atoms with Crippen LogP contribution in [0.3, 0.4) is 0 Å². The van der Waals surface area contributed by atoms with Gasteiger partial charge in [0.1, 0.15) is 11.0 Å². The number of benzene rings is 3. The summed E-state index contributed by atoms with van der Waals surface area (Å²) in [5.74, 6) is -4.48. The minimum absolute atomic E-state index is 0.0681. The second-order valence-electron chi connectivity index (χ2n) is 10.6. The van der Waals surface area contributed by atoms with Gasteiger partial charge in [-0.1, -0.05) is 46.8 Å². The monoisotopic (exact) mass is 717 g/mol. The largest absolute Gasteiger partial charge is 0.483 e.